The summed E-state index contributed by atoms with van der Waals surface area (Å²) in [6, 6.07) is 6.18. The number of aromatic nitrogens is 1. The van der Waals surface area contributed by atoms with Gasteiger partial charge in [0.15, 0.2) is 6.61 Å². The highest BCUT2D eigenvalue weighted by atomic mass is 16.5. The van der Waals surface area contributed by atoms with E-state index in [1.54, 1.807) is 13.8 Å². The first-order valence-electron chi connectivity index (χ1n) is 9.68. The summed E-state index contributed by atoms with van der Waals surface area (Å²) in [5.74, 6) is -2.10. The Kier molecular flexibility index (Phi) is 6.20. The van der Waals surface area contributed by atoms with E-state index in [9.17, 15) is 24.0 Å². The van der Waals surface area contributed by atoms with Crippen molar-refractivity contribution in [3.8, 4) is 6.07 Å². The molecule has 3 rings (SSSR count). The summed E-state index contributed by atoms with van der Waals surface area (Å²) in [6.07, 6.45) is 0.186. The maximum Gasteiger partial charge on any atom is 0.306 e. The first-order chi connectivity index (χ1) is 15.1. The van der Waals surface area contributed by atoms with Gasteiger partial charge in [0.25, 0.3) is 23.3 Å². The fourth-order valence-corrected chi connectivity index (χ4v) is 3.50. The number of anilines is 1. The van der Waals surface area contributed by atoms with E-state index in [0.717, 1.165) is 4.90 Å². The van der Waals surface area contributed by atoms with Crippen LogP contribution in [0.1, 0.15) is 49.5 Å². The fraction of sp³-hybridized carbons (Fsp3) is 0.273. The maximum atomic E-state index is 12.1. The summed E-state index contributed by atoms with van der Waals surface area (Å²) in [4.78, 5) is 63.5. The number of aryl methyl sites for hydroxylation is 1. The number of aromatic amines is 1. The molecule has 10 heteroatoms. The van der Waals surface area contributed by atoms with Crippen LogP contribution >= 0.6 is 0 Å². The predicted molar refractivity (Wildman–Crippen MR) is 112 cm³/mol. The van der Waals surface area contributed by atoms with Crippen LogP contribution in [-0.4, -0.2) is 47.2 Å². The SMILES string of the molecule is Cc1[nH]c(=O)c(C#N)c(C)c1CCC(=O)OCC(=O)Nc1ccc2c(c1)C(=O)N(C)C2=O. The lowest BCUT2D eigenvalue weighted by Crippen LogP contribution is -2.24. The molecule has 2 N–H and O–H groups in total. The van der Waals surface area contributed by atoms with Gasteiger partial charge >= 0.3 is 5.97 Å². The van der Waals surface area contributed by atoms with Crippen molar-refractivity contribution in [1.29, 1.82) is 5.26 Å². The number of hydrogen-bond acceptors (Lipinski definition) is 7. The number of carbonyl (C=O) groups is 4. The number of hydrogen-bond donors (Lipinski definition) is 2. The van der Waals surface area contributed by atoms with E-state index in [-0.39, 0.29) is 29.5 Å². The standard InChI is InChI=1S/C22H20N4O6/c1-11-14(12(2)24-20(29)17(11)9-23)6-7-19(28)32-10-18(27)25-13-4-5-15-16(8-13)22(31)26(3)21(15)30/h4-5,8H,6-7,10H2,1-3H3,(H,24,29)(H,25,27). The van der Waals surface area contributed by atoms with E-state index >= 15 is 0 Å². The summed E-state index contributed by atoms with van der Waals surface area (Å²) in [6.45, 7) is 2.79. The molecule has 0 unspecified atom stereocenters. The molecule has 10 nitrogen and oxygen atoms in total. The van der Waals surface area contributed by atoms with Crippen LogP contribution in [0.3, 0.4) is 0 Å². The number of imide groups is 1. The number of nitrogens with zero attached hydrogens (tertiary/aromatic N) is 2. The van der Waals surface area contributed by atoms with Gasteiger partial charge in [-0.05, 0) is 49.6 Å². The highest BCUT2D eigenvalue weighted by Gasteiger charge is 2.32. The fourth-order valence-electron chi connectivity index (χ4n) is 3.50. The van der Waals surface area contributed by atoms with Gasteiger partial charge in [0, 0.05) is 24.8 Å². The quantitative estimate of drug-likeness (QED) is 0.510. The second-order valence-corrected chi connectivity index (χ2v) is 7.31. The number of H-pyrrole nitrogens is 1. The molecule has 0 bridgehead atoms. The van der Waals surface area contributed by atoms with Gasteiger partial charge in [-0.2, -0.15) is 5.26 Å². The van der Waals surface area contributed by atoms with E-state index in [0.29, 0.717) is 22.5 Å². The smallest absolute Gasteiger partial charge is 0.306 e. The van der Waals surface area contributed by atoms with Crippen LogP contribution < -0.4 is 10.9 Å². The van der Waals surface area contributed by atoms with Crippen molar-refractivity contribution in [2.45, 2.75) is 26.7 Å². The Morgan fingerprint density at radius 2 is 1.84 bits per heavy atom. The van der Waals surface area contributed by atoms with Gasteiger partial charge in [-0.25, -0.2) is 0 Å². The Morgan fingerprint density at radius 3 is 2.53 bits per heavy atom. The largest absolute Gasteiger partial charge is 0.456 e. The topological polar surface area (TPSA) is 149 Å². The van der Waals surface area contributed by atoms with Crippen LogP contribution in [-0.2, 0) is 20.7 Å². The maximum absolute atomic E-state index is 12.1. The van der Waals surface area contributed by atoms with Crippen LogP contribution in [0.5, 0.6) is 0 Å². The number of nitriles is 1. The van der Waals surface area contributed by atoms with Crippen molar-refractivity contribution in [2.75, 3.05) is 19.0 Å². The summed E-state index contributed by atoms with van der Waals surface area (Å²) in [7, 11) is 1.37. The highest BCUT2D eigenvalue weighted by molar-refractivity contribution is 6.21. The van der Waals surface area contributed by atoms with Crippen molar-refractivity contribution in [2.24, 2.45) is 0 Å². The molecule has 0 radical (unpaired) electrons. The first kappa shape index (κ1) is 22.4. The Bertz CT molecular complexity index is 1250. The van der Waals surface area contributed by atoms with Gasteiger partial charge in [0.2, 0.25) is 0 Å². The lowest BCUT2D eigenvalue weighted by atomic mass is 9.99. The van der Waals surface area contributed by atoms with Gasteiger partial charge in [-0.15, -0.1) is 0 Å². The number of ether oxygens (including phenoxy) is 1. The number of esters is 1. The number of rotatable bonds is 6. The Morgan fingerprint density at radius 1 is 1.16 bits per heavy atom. The second kappa shape index (κ2) is 8.85. The zero-order valence-corrected chi connectivity index (χ0v) is 17.7. The molecule has 32 heavy (non-hydrogen) atoms. The van der Waals surface area contributed by atoms with Crippen molar-refractivity contribution >= 4 is 29.4 Å². The van der Waals surface area contributed by atoms with Gasteiger partial charge in [-0.3, -0.25) is 28.9 Å². The Labute approximate surface area is 182 Å². The monoisotopic (exact) mass is 436 g/mol. The lowest BCUT2D eigenvalue weighted by Gasteiger charge is -2.11. The van der Waals surface area contributed by atoms with Crippen LogP contribution in [0, 0.1) is 25.2 Å². The third kappa shape index (κ3) is 4.27. The third-order valence-electron chi connectivity index (χ3n) is 5.24. The van der Waals surface area contributed by atoms with E-state index < -0.39 is 35.9 Å². The third-order valence-corrected chi connectivity index (χ3v) is 5.24. The summed E-state index contributed by atoms with van der Waals surface area (Å²) >= 11 is 0. The zero-order chi connectivity index (χ0) is 23.6. The summed E-state index contributed by atoms with van der Waals surface area (Å²) < 4.78 is 4.99. The molecular weight excluding hydrogens is 416 g/mol. The number of carbonyl (C=O) groups excluding carboxylic acids is 4. The minimum atomic E-state index is -0.625. The van der Waals surface area contributed by atoms with Crippen molar-refractivity contribution in [3.05, 3.63) is 62.1 Å². The number of benzene rings is 1. The molecule has 0 spiro atoms. The van der Waals surface area contributed by atoms with Gasteiger partial charge in [0.1, 0.15) is 11.6 Å². The molecular formula is C22H20N4O6. The summed E-state index contributed by atoms with van der Waals surface area (Å²) in [5, 5.41) is 11.6. The molecule has 2 aromatic rings. The average Bonchev–Trinajstić information content (AvgIpc) is 2.96. The Hall–Kier alpha value is -4.26. The number of nitrogens with one attached hydrogen (secondary N) is 2. The molecule has 3 amide bonds. The molecule has 1 aliphatic rings. The summed E-state index contributed by atoms with van der Waals surface area (Å²) in [5.41, 5.74) is 2.01. The van der Waals surface area contributed by atoms with Crippen LogP contribution in [0.25, 0.3) is 0 Å². The normalized spacial score (nSPS) is 12.4. The molecule has 1 aromatic carbocycles. The molecule has 0 atom stereocenters. The van der Waals surface area contributed by atoms with Crippen LogP contribution in [0.2, 0.25) is 0 Å². The molecule has 1 aromatic heterocycles. The van der Waals surface area contributed by atoms with Crippen LogP contribution in [0.4, 0.5) is 5.69 Å². The molecule has 1 aliphatic heterocycles. The number of amides is 3. The lowest BCUT2D eigenvalue weighted by molar-refractivity contribution is -0.147. The predicted octanol–water partition coefficient (Wildman–Crippen LogP) is 1.20. The molecule has 0 saturated heterocycles. The highest BCUT2D eigenvalue weighted by Crippen LogP contribution is 2.24. The van der Waals surface area contributed by atoms with Crippen LogP contribution in [0.15, 0.2) is 23.0 Å². The van der Waals surface area contributed by atoms with Crippen molar-refractivity contribution < 1.29 is 23.9 Å². The van der Waals surface area contributed by atoms with Gasteiger partial charge in [0.05, 0.1) is 11.1 Å². The van der Waals surface area contributed by atoms with E-state index in [1.807, 2.05) is 6.07 Å². The second-order valence-electron chi connectivity index (χ2n) is 7.31. The molecule has 164 valence electrons. The van der Waals surface area contributed by atoms with E-state index in [4.69, 9.17) is 10.00 Å². The average molecular weight is 436 g/mol. The van der Waals surface area contributed by atoms with Crippen molar-refractivity contribution in [1.82, 2.24) is 9.88 Å². The molecule has 0 fully saturated rings. The molecule has 2 heterocycles. The van der Waals surface area contributed by atoms with E-state index in [1.165, 1.54) is 25.2 Å². The molecule has 0 saturated carbocycles. The van der Waals surface area contributed by atoms with Gasteiger partial charge < -0.3 is 15.0 Å². The molecule has 0 aliphatic carbocycles. The first-order valence-corrected chi connectivity index (χ1v) is 9.68. The zero-order valence-electron chi connectivity index (χ0n) is 17.7. The number of pyridine rings is 1. The minimum absolute atomic E-state index is 0.000864. The number of fused-ring (bicyclic) bond motifs is 1. The minimum Gasteiger partial charge on any atom is -0.456 e. The Balaban J connectivity index is 1.55. The van der Waals surface area contributed by atoms with E-state index in [2.05, 4.69) is 10.3 Å². The van der Waals surface area contributed by atoms with Crippen molar-refractivity contribution in [3.63, 3.8) is 0 Å². The van der Waals surface area contributed by atoms with Gasteiger partial charge in [-0.1, -0.05) is 0 Å².